The Morgan fingerprint density at radius 2 is 2.04 bits per heavy atom. The van der Waals surface area contributed by atoms with Gasteiger partial charge in [0.1, 0.15) is 5.75 Å². The summed E-state index contributed by atoms with van der Waals surface area (Å²) >= 11 is 0. The molecule has 1 atom stereocenters. The minimum Gasteiger partial charge on any atom is -0.492 e. The zero-order chi connectivity index (χ0) is 17.1. The highest BCUT2D eigenvalue weighted by molar-refractivity contribution is 6.27. The van der Waals surface area contributed by atoms with Crippen molar-refractivity contribution in [3.05, 3.63) is 24.3 Å². The number of carboxylic acid groups (broad SMARTS) is 2. The number of anilines is 1. The maximum Gasteiger partial charge on any atom is 0.414 e. The van der Waals surface area contributed by atoms with Crippen LogP contribution in [0.15, 0.2) is 24.3 Å². The molecule has 0 amide bonds. The summed E-state index contributed by atoms with van der Waals surface area (Å²) in [5, 5.41) is 21.5. The van der Waals surface area contributed by atoms with Crippen LogP contribution in [0, 0.1) is 0 Å². The summed E-state index contributed by atoms with van der Waals surface area (Å²) in [6, 6.07) is 7.99. The summed E-state index contributed by atoms with van der Waals surface area (Å²) < 4.78 is 11.2. The number of ether oxygens (including phenoxy) is 2. The maximum absolute atomic E-state index is 9.10. The lowest BCUT2D eigenvalue weighted by Gasteiger charge is -2.24. The van der Waals surface area contributed by atoms with Gasteiger partial charge in [0.05, 0.1) is 25.0 Å². The quantitative estimate of drug-likeness (QED) is 0.582. The largest absolute Gasteiger partial charge is 0.492 e. The second-order valence-corrected chi connectivity index (χ2v) is 4.62. The van der Waals surface area contributed by atoms with E-state index in [4.69, 9.17) is 29.3 Å². The van der Waals surface area contributed by atoms with Crippen LogP contribution in [-0.2, 0) is 14.3 Å². The predicted molar refractivity (Wildman–Crippen MR) is 84.0 cm³/mol. The molecule has 2 rings (SSSR count). The van der Waals surface area contributed by atoms with Crippen molar-refractivity contribution in [2.75, 3.05) is 38.2 Å². The van der Waals surface area contributed by atoms with Gasteiger partial charge in [-0.1, -0.05) is 12.1 Å². The molecule has 8 nitrogen and oxygen atoms in total. The Kier molecular flexibility index (Phi) is 8.48. The Morgan fingerprint density at radius 3 is 2.61 bits per heavy atom. The molecule has 0 aromatic heterocycles. The Balaban J connectivity index is 0.000000379. The van der Waals surface area contributed by atoms with Gasteiger partial charge >= 0.3 is 11.9 Å². The topological polar surface area (TPSA) is 117 Å². The summed E-state index contributed by atoms with van der Waals surface area (Å²) in [7, 11) is 0. The van der Waals surface area contributed by atoms with Crippen LogP contribution in [0.5, 0.6) is 5.75 Å². The molecule has 1 unspecified atom stereocenters. The average Bonchev–Trinajstić information content (AvgIpc) is 2.56. The Hall–Kier alpha value is -2.32. The molecule has 23 heavy (non-hydrogen) atoms. The molecule has 0 bridgehead atoms. The van der Waals surface area contributed by atoms with Gasteiger partial charge < -0.3 is 30.3 Å². The molecule has 128 valence electrons. The molecule has 1 aliphatic rings. The van der Waals surface area contributed by atoms with Crippen LogP contribution in [0.4, 0.5) is 5.69 Å². The lowest BCUT2D eigenvalue weighted by Crippen LogP contribution is -2.42. The second-order valence-electron chi connectivity index (χ2n) is 4.62. The smallest absolute Gasteiger partial charge is 0.414 e. The first kappa shape index (κ1) is 18.7. The van der Waals surface area contributed by atoms with E-state index in [1.165, 1.54) is 0 Å². The number of benzene rings is 1. The Morgan fingerprint density at radius 1 is 1.35 bits per heavy atom. The van der Waals surface area contributed by atoms with Crippen molar-refractivity contribution in [1.29, 1.82) is 0 Å². The van der Waals surface area contributed by atoms with E-state index < -0.39 is 11.9 Å². The van der Waals surface area contributed by atoms with E-state index in [1.54, 1.807) is 0 Å². The van der Waals surface area contributed by atoms with Crippen molar-refractivity contribution in [3.63, 3.8) is 0 Å². The van der Waals surface area contributed by atoms with Gasteiger partial charge in [0.25, 0.3) is 0 Å². The highest BCUT2D eigenvalue weighted by Crippen LogP contribution is 2.23. The highest BCUT2D eigenvalue weighted by atomic mass is 16.5. The van der Waals surface area contributed by atoms with Crippen molar-refractivity contribution in [2.24, 2.45) is 0 Å². The predicted octanol–water partition coefficient (Wildman–Crippen LogP) is 0.641. The summed E-state index contributed by atoms with van der Waals surface area (Å²) in [5.41, 5.74) is 1.03. The molecule has 0 radical (unpaired) electrons. The van der Waals surface area contributed by atoms with Gasteiger partial charge in [-0.3, -0.25) is 0 Å². The van der Waals surface area contributed by atoms with Gasteiger partial charge in [-0.25, -0.2) is 9.59 Å². The monoisotopic (exact) mass is 326 g/mol. The van der Waals surface area contributed by atoms with Gasteiger partial charge in [0.15, 0.2) is 0 Å². The van der Waals surface area contributed by atoms with Crippen LogP contribution in [-0.4, -0.2) is 61.1 Å². The van der Waals surface area contributed by atoms with E-state index in [0.29, 0.717) is 6.61 Å². The van der Waals surface area contributed by atoms with Gasteiger partial charge in [-0.2, -0.15) is 0 Å². The standard InChI is InChI=1S/C13H20N2O2.C2H2O4/c1-2-16-13-6-4-3-5-12(13)15-10-11-9-14-7-8-17-11;3-1(4)2(5)6/h3-6,11,14-15H,2,7-10H2,1H3;(H,3,4)(H,5,6). The molecule has 1 heterocycles. The van der Waals surface area contributed by atoms with Gasteiger partial charge in [-0.05, 0) is 19.1 Å². The number of aliphatic carboxylic acids is 2. The normalized spacial score (nSPS) is 16.7. The third kappa shape index (κ3) is 7.48. The molecular weight excluding hydrogens is 304 g/mol. The molecule has 1 aliphatic heterocycles. The third-order valence-electron chi connectivity index (χ3n) is 2.89. The molecule has 8 heteroatoms. The number of rotatable bonds is 5. The minimum absolute atomic E-state index is 0.235. The van der Waals surface area contributed by atoms with E-state index in [2.05, 4.69) is 10.6 Å². The SMILES string of the molecule is CCOc1ccccc1NCC1CNCCO1.O=C(O)C(=O)O. The fourth-order valence-electron chi connectivity index (χ4n) is 1.87. The zero-order valence-electron chi connectivity index (χ0n) is 12.9. The Labute approximate surface area is 134 Å². The first-order valence-electron chi connectivity index (χ1n) is 7.28. The van der Waals surface area contributed by atoms with E-state index in [-0.39, 0.29) is 6.10 Å². The third-order valence-corrected chi connectivity index (χ3v) is 2.89. The van der Waals surface area contributed by atoms with E-state index >= 15 is 0 Å². The fraction of sp³-hybridized carbons (Fsp3) is 0.467. The van der Waals surface area contributed by atoms with Crippen molar-refractivity contribution in [3.8, 4) is 5.75 Å². The molecule has 1 fully saturated rings. The van der Waals surface area contributed by atoms with Crippen LogP contribution in [0.25, 0.3) is 0 Å². The first-order chi connectivity index (χ1) is 11.0. The summed E-state index contributed by atoms with van der Waals surface area (Å²) in [5.74, 6) is -2.75. The minimum atomic E-state index is -1.82. The molecule has 4 N–H and O–H groups in total. The van der Waals surface area contributed by atoms with Gasteiger partial charge in [0, 0.05) is 19.6 Å². The summed E-state index contributed by atoms with van der Waals surface area (Å²) in [6.45, 7) is 6.12. The number of carbonyl (C=O) groups is 2. The van der Waals surface area contributed by atoms with Crippen LogP contribution >= 0.6 is 0 Å². The molecule has 1 saturated heterocycles. The van der Waals surface area contributed by atoms with Crippen molar-refractivity contribution < 1.29 is 29.3 Å². The maximum atomic E-state index is 9.10. The number of nitrogens with one attached hydrogen (secondary N) is 2. The molecule has 0 spiro atoms. The summed E-state index contributed by atoms with van der Waals surface area (Å²) in [6.07, 6.45) is 0.235. The van der Waals surface area contributed by atoms with Crippen molar-refractivity contribution in [2.45, 2.75) is 13.0 Å². The molecular formula is C15H22N2O6. The summed E-state index contributed by atoms with van der Waals surface area (Å²) in [4.78, 5) is 18.2. The van der Waals surface area contributed by atoms with Crippen molar-refractivity contribution in [1.82, 2.24) is 5.32 Å². The van der Waals surface area contributed by atoms with Crippen LogP contribution in [0.1, 0.15) is 6.92 Å². The van der Waals surface area contributed by atoms with E-state index in [1.807, 2.05) is 31.2 Å². The van der Waals surface area contributed by atoms with Gasteiger partial charge in [-0.15, -0.1) is 0 Å². The lowest BCUT2D eigenvalue weighted by atomic mass is 10.2. The number of hydrogen-bond donors (Lipinski definition) is 4. The van der Waals surface area contributed by atoms with Crippen LogP contribution in [0.3, 0.4) is 0 Å². The lowest BCUT2D eigenvalue weighted by molar-refractivity contribution is -0.159. The molecule has 1 aromatic rings. The van der Waals surface area contributed by atoms with Crippen LogP contribution < -0.4 is 15.4 Å². The number of para-hydroxylation sites is 2. The Bertz CT molecular complexity index is 490. The van der Waals surface area contributed by atoms with E-state index in [9.17, 15) is 0 Å². The average molecular weight is 326 g/mol. The number of carboxylic acids is 2. The first-order valence-corrected chi connectivity index (χ1v) is 7.28. The molecule has 0 aliphatic carbocycles. The molecule has 1 aromatic carbocycles. The van der Waals surface area contributed by atoms with Gasteiger partial charge in [0.2, 0.25) is 0 Å². The second kappa shape index (κ2) is 10.4. The highest BCUT2D eigenvalue weighted by Gasteiger charge is 2.13. The number of hydrogen-bond acceptors (Lipinski definition) is 6. The molecule has 0 saturated carbocycles. The van der Waals surface area contributed by atoms with Crippen LogP contribution in [0.2, 0.25) is 0 Å². The van der Waals surface area contributed by atoms with Crippen molar-refractivity contribution >= 4 is 17.6 Å². The van der Waals surface area contributed by atoms with E-state index in [0.717, 1.165) is 37.7 Å². The fourth-order valence-corrected chi connectivity index (χ4v) is 1.87. The zero-order valence-corrected chi connectivity index (χ0v) is 12.9. The number of morpholine rings is 1.